The van der Waals surface area contributed by atoms with Gasteiger partial charge in [-0.3, -0.25) is 14.6 Å². The van der Waals surface area contributed by atoms with Crippen LogP contribution in [0.15, 0.2) is 64.0 Å². The average Bonchev–Trinajstić information content (AvgIpc) is 3.47. The molecule has 1 amide bonds. The SMILES string of the molecule is CCc1cc(=O)[nH]c(-n2nc(-c3ccco3)cc2NC(=O)COc2ccccc2OC)n1. The largest absolute Gasteiger partial charge is 0.493 e. The van der Waals surface area contributed by atoms with Gasteiger partial charge in [-0.2, -0.15) is 9.78 Å². The molecule has 0 saturated heterocycles. The molecule has 0 aliphatic heterocycles. The van der Waals surface area contributed by atoms with Crippen LogP contribution in [-0.4, -0.2) is 39.4 Å². The summed E-state index contributed by atoms with van der Waals surface area (Å²) >= 11 is 0. The lowest BCUT2D eigenvalue weighted by molar-refractivity contribution is -0.118. The number of furan rings is 1. The Labute approximate surface area is 182 Å². The quantitative estimate of drug-likeness (QED) is 0.436. The zero-order valence-corrected chi connectivity index (χ0v) is 17.5. The zero-order chi connectivity index (χ0) is 22.5. The van der Waals surface area contributed by atoms with Gasteiger partial charge in [-0.1, -0.05) is 19.1 Å². The average molecular weight is 435 g/mol. The molecule has 10 heteroatoms. The van der Waals surface area contributed by atoms with Gasteiger partial charge < -0.3 is 19.2 Å². The van der Waals surface area contributed by atoms with Gasteiger partial charge in [0.1, 0.15) is 11.5 Å². The van der Waals surface area contributed by atoms with Crippen LogP contribution >= 0.6 is 0 Å². The van der Waals surface area contributed by atoms with Crippen molar-refractivity contribution in [2.24, 2.45) is 0 Å². The maximum absolute atomic E-state index is 12.6. The number of methoxy groups -OCH3 is 1. The first-order valence-corrected chi connectivity index (χ1v) is 9.87. The number of hydrogen-bond acceptors (Lipinski definition) is 7. The minimum atomic E-state index is -0.433. The number of carbonyl (C=O) groups excluding carboxylic acids is 1. The normalized spacial score (nSPS) is 10.7. The molecular weight excluding hydrogens is 414 g/mol. The van der Waals surface area contributed by atoms with Crippen molar-refractivity contribution in [2.75, 3.05) is 19.0 Å². The van der Waals surface area contributed by atoms with E-state index in [1.807, 2.05) is 6.92 Å². The number of rotatable bonds is 8. The molecule has 32 heavy (non-hydrogen) atoms. The Balaban J connectivity index is 1.61. The molecule has 164 valence electrons. The second-order valence-electron chi connectivity index (χ2n) is 6.71. The van der Waals surface area contributed by atoms with Crippen molar-refractivity contribution in [3.63, 3.8) is 0 Å². The maximum Gasteiger partial charge on any atom is 0.263 e. The summed E-state index contributed by atoms with van der Waals surface area (Å²) in [6.45, 7) is 1.63. The molecule has 3 heterocycles. The molecule has 0 radical (unpaired) electrons. The Bertz CT molecular complexity index is 1280. The smallest absolute Gasteiger partial charge is 0.263 e. The van der Waals surface area contributed by atoms with Crippen LogP contribution in [0.4, 0.5) is 5.82 Å². The number of hydrogen-bond donors (Lipinski definition) is 2. The number of benzene rings is 1. The highest BCUT2D eigenvalue weighted by molar-refractivity contribution is 5.91. The molecule has 0 fully saturated rings. The first kappa shape index (κ1) is 20.9. The zero-order valence-electron chi connectivity index (χ0n) is 17.5. The number of carbonyl (C=O) groups is 1. The molecule has 10 nitrogen and oxygen atoms in total. The number of nitrogens with one attached hydrogen (secondary N) is 2. The minimum Gasteiger partial charge on any atom is -0.493 e. The number of aromatic amines is 1. The first-order chi connectivity index (χ1) is 15.6. The van der Waals surface area contributed by atoms with E-state index in [-0.39, 0.29) is 18.1 Å². The predicted molar refractivity (Wildman–Crippen MR) is 116 cm³/mol. The minimum absolute atomic E-state index is 0.174. The molecule has 2 N–H and O–H groups in total. The molecule has 0 aliphatic carbocycles. The fourth-order valence-electron chi connectivity index (χ4n) is 3.01. The highest BCUT2D eigenvalue weighted by atomic mass is 16.5. The number of aryl methyl sites for hydroxylation is 1. The monoisotopic (exact) mass is 435 g/mol. The number of H-pyrrole nitrogens is 1. The van der Waals surface area contributed by atoms with Crippen molar-refractivity contribution >= 4 is 11.7 Å². The van der Waals surface area contributed by atoms with Gasteiger partial charge in [0, 0.05) is 17.8 Å². The fraction of sp³-hybridized carbons (Fsp3) is 0.182. The van der Waals surface area contributed by atoms with E-state index >= 15 is 0 Å². The number of ether oxygens (including phenoxy) is 2. The third kappa shape index (κ3) is 4.53. The summed E-state index contributed by atoms with van der Waals surface area (Å²) in [4.78, 5) is 31.7. The van der Waals surface area contributed by atoms with Gasteiger partial charge in [-0.15, -0.1) is 0 Å². The van der Waals surface area contributed by atoms with Crippen LogP contribution in [0.5, 0.6) is 11.5 Å². The molecule has 0 saturated carbocycles. The lowest BCUT2D eigenvalue weighted by Gasteiger charge is -2.11. The standard InChI is InChI=1S/C22H21N5O5/c1-3-14-11-20(28)25-22(23-14)27-19(12-15(26-27)16-9-6-10-31-16)24-21(29)13-32-18-8-5-4-7-17(18)30-2/h4-12H,3,13H2,1-2H3,(H,24,29)(H,23,25,28). The van der Waals surface area contributed by atoms with E-state index in [4.69, 9.17) is 13.9 Å². The molecule has 4 rings (SSSR count). The van der Waals surface area contributed by atoms with Crippen molar-refractivity contribution in [3.05, 3.63) is 70.8 Å². The molecule has 0 spiro atoms. The topological polar surface area (TPSA) is 124 Å². The molecule has 0 aliphatic rings. The van der Waals surface area contributed by atoms with E-state index in [1.54, 1.807) is 42.5 Å². The lowest BCUT2D eigenvalue weighted by atomic mass is 10.3. The summed E-state index contributed by atoms with van der Waals surface area (Å²) in [7, 11) is 1.52. The third-order valence-corrected chi connectivity index (χ3v) is 4.52. The Morgan fingerprint density at radius 2 is 2.00 bits per heavy atom. The Morgan fingerprint density at radius 1 is 1.19 bits per heavy atom. The Kier molecular flexibility index (Phi) is 6.02. The van der Waals surface area contributed by atoms with E-state index in [2.05, 4.69) is 20.4 Å². The van der Waals surface area contributed by atoms with Gasteiger partial charge in [0.05, 0.1) is 13.4 Å². The van der Waals surface area contributed by atoms with Crippen molar-refractivity contribution in [2.45, 2.75) is 13.3 Å². The van der Waals surface area contributed by atoms with Gasteiger partial charge >= 0.3 is 0 Å². The lowest BCUT2D eigenvalue weighted by Crippen LogP contribution is -2.23. The first-order valence-electron chi connectivity index (χ1n) is 9.87. The van der Waals surface area contributed by atoms with Crippen LogP contribution < -0.4 is 20.3 Å². The van der Waals surface area contributed by atoms with Crippen LogP contribution in [0, 0.1) is 0 Å². The van der Waals surface area contributed by atoms with Gasteiger partial charge in [0.25, 0.3) is 11.5 Å². The fourth-order valence-corrected chi connectivity index (χ4v) is 3.01. The number of nitrogens with zero attached hydrogens (tertiary/aromatic N) is 3. The molecule has 0 bridgehead atoms. The van der Waals surface area contributed by atoms with E-state index < -0.39 is 5.91 Å². The van der Waals surface area contributed by atoms with Crippen molar-refractivity contribution in [3.8, 4) is 28.9 Å². The van der Waals surface area contributed by atoms with Crippen LogP contribution in [0.2, 0.25) is 0 Å². The number of para-hydroxylation sites is 2. The molecule has 0 unspecified atom stereocenters. The van der Waals surface area contributed by atoms with Gasteiger partial charge in [0.2, 0.25) is 5.95 Å². The second kappa shape index (κ2) is 9.21. The van der Waals surface area contributed by atoms with Crippen LogP contribution in [0.25, 0.3) is 17.4 Å². The van der Waals surface area contributed by atoms with Gasteiger partial charge in [-0.25, -0.2) is 4.98 Å². The Hall–Kier alpha value is -4.34. The molecule has 4 aromatic rings. The highest BCUT2D eigenvalue weighted by Crippen LogP contribution is 2.26. The van der Waals surface area contributed by atoms with Crippen LogP contribution in [0.3, 0.4) is 0 Å². The van der Waals surface area contributed by atoms with E-state index in [9.17, 15) is 9.59 Å². The van der Waals surface area contributed by atoms with Crippen molar-refractivity contribution in [1.82, 2.24) is 19.7 Å². The summed E-state index contributed by atoms with van der Waals surface area (Å²) in [6.07, 6.45) is 2.09. The molecule has 1 aromatic carbocycles. The predicted octanol–water partition coefficient (Wildman–Crippen LogP) is 2.80. The van der Waals surface area contributed by atoms with Crippen molar-refractivity contribution < 1.29 is 18.7 Å². The Morgan fingerprint density at radius 3 is 2.72 bits per heavy atom. The summed E-state index contributed by atoms with van der Waals surface area (Å²) in [5.41, 5.74) is 0.731. The molecule has 3 aromatic heterocycles. The van der Waals surface area contributed by atoms with E-state index in [0.717, 1.165) is 0 Å². The van der Waals surface area contributed by atoms with Gasteiger partial charge in [-0.05, 0) is 30.7 Å². The molecule has 0 atom stereocenters. The van der Waals surface area contributed by atoms with Crippen LogP contribution in [-0.2, 0) is 11.2 Å². The van der Waals surface area contributed by atoms with E-state index in [1.165, 1.54) is 24.1 Å². The molecular formula is C22H21N5O5. The summed E-state index contributed by atoms with van der Waals surface area (Å²) in [5, 5.41) is 7.20. The summed E-state index contributed by atoms with van der Waals surface area (Å²) in [6, 6.07) is 13.5. The maximum atomic E-state index is 12.6. The summed E-state index contributed by atoms with van der Waals surface area (Å²) in [5.74, 6) is 1.49. The van der Waals surface area contributed by atoms with E-state index in [0.29, 0.717) is 40.9 Å². The number of aromatic nitrogens is 4. The number of amides is 1. The van der Waals surface area contributed by atoms with Crippen LogP contribution in [0.1, 0.15) is 12.6 Å². The van der Waals surface area contributed by atoms with Gasteiger partial charge in [0.15, 0.2) is 23.9 Å². The summed E-state index contributed by atoms with van der Waals surface area (Å²) < 4.78 is 17.6. The van der Waals surface area contributed by atoms with Crippen molar-refractivity contribution in [1.29, 1.82) is 0 Å². The number of anilines is 1. The third-order valence-electron chi connectivity index (χ3n) is 4.52. The second-order valence-corrected chi connectivity index (χ2v) is 6.71. The highest BCUT2D eigenvalue weighted by Gasteiger charge is 2.18.